The summed E-state index contributed by atoms with van der Waals surface area (Å²) in [6, 6.07) is 1.42. The van der Waals surface area contributed by atoms with Gasteiger partial charge in [-0.3, -0.25) is 9.89 Å². The fourth-order valence-corrected chi connectivity index (χ4v) is 4.16. The zero-order valence-electron chi connectivity index (χ0n) is 18.1. The van der Waals surface area contributed by atoms with Gasteiger partial charge in [0.15, 0.2) is 11.8 Å². The molecule has 160 valence electrons. The number of piperazine rings is 1. The lowest BCUT2D eigenvalue weighted by Crippen LogP contribution is -2.56. The Bertz CT molecular complexity index is 628. The molecule has 3 rings (SSSR count). The van der Waals surface area contributed by atoms with Gasteiger partial charge in [-0.1, -0.05) is 0 Å². The number of aromatic nitrogens is 3. The van der Waals surface area contributed by atoms with Gasteiger partial charge >= 0.3 is 0 Å². The maximum Gasteiger partial charge on any atom is 0.194 e. The number of hydrogen-bond acceptors (Lipinski definition) is 5. The topological polar surface area (TPSA) is 64.8 Å². The van der Waals surface area contributed by atoms with E-state index in [1.54, 1.807) is 0 Å². The molecule has 0 unspecified atom stereocenters. The summed E-state index contributed by atoms with van der Waals surface area (Å²) >= 11 is 0. The van der Waals surface area contributed by atoms with E-state index in [1.807, 2.05) is 25.6 Å². The van der Waals surface area contributed by atoms with Crippen molar-refractivity contribution in [1.29, 1.82) is 0 Å². The summed E-state index contributed by atoms with van der Waals surface area (Å²) in [5.74, 6) is 2.83. The third-order valence-corrected chi connectivity index (χ3v) is 6.16. The molecular formula is C19H37IN8. The fourth-order valence-electron chi connectivity index (χ4n) is 4.16. The van der Waals surface area contributed by atoms with Gasteiger partial charge in [-0.2, -0.15) is 0 Å². The number of hydrogen-bond donors (Lipinski definition) is 1. The van der Waals surface area contributed by atoms with Gasteiger partial charge in [0.1, 0.15) is 5.82 Å². The predicted molar refractivity (Wildman–Crippen MR) is 124 cm³/mol. The van der Waals surface area contributed by atoms with Crippen LogP contribution >= 0.6 is 24.0 Å². The maximum atomic E-state index is 4.48. The first-order valence-electron chi connectivity index (χ1n) is 10.3. The van der Waals surface area contributed by atoms with Crippen LogP contribution in [0, 0.1) is 6.92 Å². The number of piperidine rings is 1. The van der Waals surface area contributed by atoms with Gasteiger partial charge in [-0.05, 0) is 46.7 Å². The minimum absolute atomic E-state index is 0. The number of nitrogens with zero attached hydrogens (tertiary/aromatic N) is 7. The molecule has 1 N–H and O–H groups in total. The van der Waals surface area contributed by atoms with Crippen LogP contribution in [-0.2, 0) is 13.6 Å². The van der Waals surface area contributed by atoms with Crippen molar-refractivity contribution in [3.05, 3.63) is 11.6 Å². The van der Waals surface area contributed by atoms with Crippen LogP contribution in [0.3, 0.4) is 0 Å². The molecule has 0 amide bonds. The Hall–Kier alpha value is -0.940. The molecule has 2 fully saturated rings. The highest BCUT2D eigenvalue weighted by Gasteiger charge is 2.28. The van der Waals surface area contributed by atoms with Gasteiger partial charge in [-0.25, -0.2) is 0 Å². The monoisotopic (exact) mass is 504 g/mol. The van der Waals surface area contributed by atoms with Crippen molar-refractivity contribution in [2.24, 2.45) is 12.0 Å². The van der Waals surface area contributed by atoms with Gasteiger partial charge in [0.05, 0.1) is 6.54 Å². The van der Waals surface area contributed by atoms with Gasteiger partial charge in [0, 0.05) is 52.4 Å². The average Bonchev–Trinajstić information content (AvgIpc) is 3.01. The van der Waals surface area contributed by atoms with Crippen molar-refractivity contribution in [1.82, 2.24) is 34.8 Å². The molecule has 0 spiro atoms. The molecule has 1 aromatic heterocycles. The predicted octanol–water partition coefficient (Wildman–Crippen LogP) is 1.31. The molecule has 0 aromatic carbocycles. The zero-order chi connectivity index (χ0) is 19.4. The lowest BCUT2D eigenvalue weighted by atomic mass is 10.0. The smallest absolute Gasteiger partial charge is 0.194 e. The second-order valence-corrected chi connectivity index (χ2v) is 8.01. The Kier molecular flexibility index (Phi) is 8.94. The van der Waals surface area contributed by atoms with Crippen molar-refractivity contribution in [3.8, 4) is 0 Å². The number of aryl methyl sites for hydroxylation is 1. The van der Waals surface area contributed by atoms with E-state index in [2.05, 4.69) is 49.1 Å². The number of rotatable bonds is 4. The van der Waals surface area contributed by atoms with E-state index >= 15 is 0 Å². The first-order chi connectivity index (χ1) is 13.0. The van der Waals surface area contributed by atoms with Crippen LogP contribution < -0.4 is 5.32 Å². The summed E-state index contributed by atoms with van der Waals surface area (Å²) in [5.41, 5.74) is 0. The Morgan fingerprint density at radius 1 is 1.11 bits per heavy atom. The molecule has 0 atom stereocenters. The van der Waals surface area contributed by atoms with Crippen LogP contribution in [0.25, 0.3) is 0 Å². The summed E-state index contributed by atoms with van der Waals surface area (Å²) < 4.78 is 2.02. The number of nitrogens with one attached hydrogen (secondary N) is 1. The third kappa shape index (κ3) is 5.56. The van der Waals surface area contributed by atoms with Crippen molar-refractivity contribution < 1.29 is 0 Å². The molecule has 0 radical (unpaired) electrons. The van der Waals surface area contributed by atoms with E-state index in [4.69, 9.17) is 0 Å². The standard InChI is InChI=1S/C19H36N8.HI/c1-15(2)25-8-6-17(7-9-25)26-10-12-27(13-11-26)19(20-4)21-14-18-23-22-16(3)24(18)5;/h15,17H,6-14H2,1-5H3,(H,20,21);1H. The van der Waals surface area contributed by atoms with Crippen LogP contribution in [0.4, 0.5) is 0 Å². The highest BCUT2D eigenvalue weighted by molar-refractivity contribution is 14.0. The molecule has 3 heterocycles. The molecule has 0 bridgehead atoms. The van der Waals surface area contributed by atoms with Gasteiger partial charge in [0.25, 0.3) is 0 Å². The van der Waals surface area contributed by atoms with Crippen LogP contribution in [0.1, 0.15) is 38.3 Å². The Morgan fingerprint density at radius 3 is 2.25 bits per heavy atom. The number of halogens is 1. The van der Waals surface area contributed by atoms with Crippen molar-refractivity contribution >= 4 is 29.9 Å². The Labute approximate surface area is 186 Å². The molecule has 0 saturated carbocycles. The van der Waals surface area contributed by atoms with Crippen LogP contribution in [0.15, 0.2) is 4.99 Å². The van der Waals surface area contributed by atoms with E-state index in [9.17, 15) is 0 Å². The second-order valence-electron chi connectivity index (χ2n) is 8.01. The highest BCUT2D eigenvalue weighted by Crippen LogP contribution is 2.19. The van der Waals surface area contributed by atoms with Crippen LogP contribution in [-0.4, -0.2) is 93.8 Å². The van der Waals surface area contributed by atoms with Gasteiger partial charge < -0.3 is 19.7 Å². The molecule has 28 heavy (non-hydrogen) atoms. The fraction of sp³-hybridized carbons (Fsp3) is 0.842. The summed E-state index contributed by atoms with van der Waals surface area (Å²) in [6.45, 7) is 14.0. The van der Waals surface area contributed by atoms with Crippen molar-refractivity contribution in [2.75, 3.05) is 46.3 Å². The summed E-state index contributed by atoms with van der Waals surface area (Å²) in [5, 5.41) is 11.8. The summed E-state index contributed by atoms with van der Waals surface area (Å²) in [6.07, 6.45) is 2.60. The van der Waals surface area contributed by atoms with Gasteiger partial charge in [0.2, 0.25) is 0 Å². The number of likely N-dealkylation sites (tertiary alicyclic amines) is 1. The SMILES string of the molecule is CN=C(NCc1nnc(C)n1C)N1CCN(C2CCN(C(C)C)CC2)CC1.I. The maximum absolute atomic E-state index is 4.48. The van der Waals surface area contributed by atoms with Crippen molar-refractivity contribution in [3.63, 3.8) is 0 Å². The number of guanidine groups is 1. The quantitative estimate of drug-likeness (QED) is 0.379. The molecule has 8 nitrogen and oxygen atoms in total. The molecule has 2 saturated heterocycles. The van der Waals surface area contributed by atoms with Crippen molar-refractivity contribution in [2.45, 2.75) is 52.2 Å². The highest BCUT2D eigenvalue weighted by atomic mass is 127. The third-order valence-electron chi connectivity index (χ3n) is 6.16. The number of aliphatic imine (C=N–C) groups is 1. The Balaban J connectivity index is 0.00000280. The minimum atomic E-state index is 0. The molecule has 9 heteroatoms. The van der Waals surface area contributed by atoms with Gasteiger partial charge in [-0.15, -0.1) is 34.2 Å². The van der Waals surface area contributed by atoms with E-state index in [1.165, 1.54) is 25.9 Å². The van der Waals surface area contributed by atoms with E-state index in [0.717, 1.165) is 49.8 Å². The molecule has 2 aliphatic rings. The average molecular weight is 504 g/mol. The summed E-state index contributed by atoms with van der Waals surface area (Å²) in [4.78, 5) is 12.1. The lowest BCUT2D eigenvalue weighted by Gasteiger charge is -2.44. The molecular weight excluding hydrogens is 467 g/mol. The normalized spacial score (nSPS) is 20.5. The van der Waals surface area contributed by atoms with E-state index < -0.39 is 0 Å². The molecule has 0 aliphatic carbocycles. The first kappa shape index (κ1) is 23.3. The van der Waals surface area contributed by atoms with E-state index in [0.29, 0.717) is 12.6 Å². The molecule has 1 aromatic rings. The first-order valence-corrected chi connectivity index (χ1v) is 10.3. The van der Waals surface area contributed by atoms with Crippen LogP contribution in [0.5, 0.6) is 0 Å². The molecule has 2 aliphatic heterocycles. The summed E-state index contributed by atoms with van der Waals surface area (Å²) in [7, 11) is 3.86. The Morgan fingerprint density at radius 2 is 1.75 bits per heavy atom. The second kappa shape index (κ2) is 10.7. The van der Waals surface area contributed by atoms with E-state index in [-0.39, 0.29) is 24.0 Å². The largest absolute Gasteiger partial charge is 0.349 e. The lowest BCUT2D eigenvalue weighted by molar-refractivity contribution is 0.0673. The van der Waals surface area contributed by atoms with Crippen LogP contribution in [0.2, 0.25) is 0 Å². The zero-order valence-corrected chi connectivity index (χ0v) is 20.4. The minimum Gasteiger partial charge on any atom is -0.349 e.